The van der Waals surface area contributed by atoms with Crippen molar-refractivity contribution in [3.63, 3.8) is 0 Å². The maximum atomic E-state index is 12.3. The maximum Gasteiger partial charge on any atom is 0.331 e. The van der Waals surface area contributed by atoms with Crippen molar-refractivity contribution in [1.82, 2.24) is 9.78 Å². The number of benzene rings is 1. The standard InChI is InChI=1S/C21H26ClN3O3/c1-13-17(19(22)25(6)24-13)11-12-18(26)28-14(2)20(27)23-16-9-7-15(8-10-16)21(3,4)5/h7-12,14H,1-6H3,(H,23,27)/b12-11+/t14-/m0/s1. The van der Waals surface area contributed by atoms with Crippen molar-refractivity contribution in [2.45, 2.75) is 46.1 Å². The Bertz CT molecular complexity index is 893. The second-order valence-corrected chi connectivity index (χ2v) is 8.00. The van der Waals surface area contributed by atoms with Gasteiger partial charge in [-0.25, -0.2) is 4.79 Å². The second-order valence-electron chi connectivity index (χ2n) is 7.64. The molecule has 1 aromatic carbocycles. The summed E-state index contributed by atoms with van der Waals surface area (Å²) >= 11 is 6.12. The van der Waals surface area contributed by atoms with Crippen LogP contribution in [0, 0.1) is 6.92 Å². The second kappa shape index (κ2) is 8.61. The van der Waals surface area contributed by atoms with Gasteiger partial charge in [0.25, 0.3) is 5.91 Å². The van der Waals surface area contributed by atoms with E-state index in [4.69, 9.17) is 16.3 Å². The van der Waals surface area contributed by atoms with Gasteiger partial charge in [0, 0.05) is 24.4 Å². The maximum absolute atomic E-state index is 12.3. The summed E-state index contributed by atoms with van der Waals surface area (Å²) in [5.41, 5.74) is 3.18. The lowest BCUT2D eigenvalue weighted by Crippen LogP contribution is -2.29. The van der Waals surface area contributed by atoms with Gasteiger partial charge in [0.2, 0.25) is 0 Å². The molecule has 0 saturated heterocycles. The molecule has 0 bridgehead atoms. The molecule has 7 heteroatoms. The number of aromatic nitrogens is 2. The lowest BCUT2D eigenvalue weighted by Gasteiger charge is -2.19. The Labute approximate surface area is 170 Å². The van der Waals surface area contributed by atoms with E-state index in [0.29, 0.717) is 22.1 Å². The molecule has 1 aromatic heterocycles. The number of halogens is 1. The van der Waals surface area contributed by atoms with E-state index >= 15 is 0 Å². The van der Waals surface area contributed by atoms with E-state index < -0.39 is 18.0 Å². The highest BCUT2D eigenvalue weighted by Gasteiger charge is 2.18. The first kappa shape index (κ1) is 21.7. The number of nitrogens with zero attached hydrogens (tertiary/aromatic N) is 2. The van der Waals surface area contributed by atoms with E-state index in [0.717, 1.165) is 0 Å². The van der Waals surface area contributed by atoms with Gasteiger partial charge in [-0.05, 0) is 43.0 Å². The molecule has 0 aliphatic rings. The van der Waals surface area contributed by atoms with E-state index in [2.05, 4.69) is 31.2 Å². The van der Waals surface area contributed by atoms with E-state index in [1.165, 1.54) is 29.3 Å². The molecular formula is C21H26ClN3O3. The van der Waals surface area contributed by atoms with Crippen LogP contribution in [-0.2, 0) is 26.8 Å². The number of nitrogens with one attached hydrogen (secondary N) is 1. The molecule has 6 nitrogen and oxygen atoms in total. The number of anilines is 1. The molecule has 1 atom stereocenters. The number of carbonyl (C=O) groups is 2. The largest absolute Gasteiger partial charge is 0.449 e. The van der Waals surface area contributed by atoms with Crippen molar-refractivity contribution >= 4 is 35.2 Å². The zero-order chi connectivity index (χ0) is 21.1. The van der Waals surface area contributed by atoms with Crippen LogP contribution >= 0.6 is 11.6 Å². The fraction of sp³-hybridized carbons (Fsp3) is 0.381. The first-order valence-corrected chi connectivity index (χ1v) is 9.36. The Kier molecular flexibility index (Phi) is 6.67. The molecule has 150 valence electrons. The molecule has 28 heavy (non-hydrogen) atoms. The van der Waals surface area contributed by atoms with Gasteiger partial charge in [0.05, 0.1) is 5.69 Å². The molecule has 0 aliphatic carbocycles. The molecule has 2 rings (SSSR count). The van der Waals surface area contributed by atoms with Crippen molar-refractivity contribution in [2.75, 3.05) is 5.32 Å². The molecule has 0 spiro atoms. The minimum Gasteiger partial charge on any atom is -0.449 e. The topological polar surface area (TPSA) is 73.2 Å². The monoisotopic (exact) mass is 403 g/mol. The predicted octanol–water partition coefficient (Wildman–Crippen LogP) is 4.26. The number of aryl methyl sites for hydroxylation is 2. The van der Waals surface area contributed by atoms with Crippen LogP contribution in [0.25, 0.3) is 6.08 Å². The van der Waals surface area contributed by atoms with Crippen molar-refractivity contribution in [2.24, 2.45) is 7.05 Å². The molecular weight excluding hydrogens is 378 g/mol. The zero-order valence-corrected chi connectivity index (χ0v) is 17.8. The Hall–Kier alpha value is -2.60. The Balaban J connectivity index is 1.94. The van der Waals surface area contributed by atoms with Crippen LogP contribution in [0.2, 0.25) is 5.15 Å². The molecule has 1 amide bonds. The molecule has 2 aromatic rings. The van der Waals surface area contributed by atoms with E-state index in [-0.39, 0.29) is 5.41 Å². The third kappa shape index (κ3) is 5.45. The summed E-state index contributed by atoms with van der Waals surface area (Å²) in [6.45, 7) is 9.67. The third-order valence-electron chi connectivity index (χ3n) is 4.26. The molecule has 1 N–H and O–H groups in total. The highest BCUT2D eigenvalue weighted by molar-refractivity contribution is 6.31. The smallest absolute Gasteiger partial charge is 0.331 e. The number of hydrogen-bond donors (Lipinski definition) is 1. The van der Waals surface area contributed by atoms with Crippen LogP contribution in [0.3, 0.4) is 0 Å². The first-order valence-electron chi connectivity index (χ1n) is 8.98. The molecule has 0 fully saturated rings. The minimum atomic E-state index is -0.940. The lowest BCUT2D eigenvalue weighted by atomic mass is 9.87. The van der Waals surface area contributed by atoms with Gasteiger partial charge in [0.15, 0.2) is 6.10 Å². The fourth-order valence-corrected chi connectivity index (χ4v) is 2.79. The van der Waals surface area contributed by atoms with Gasteiger partial charge < -0.3 is 10.1 Å². The summed E-state index contributed by atoms with van der Waals surface area (Å²) < 4.78 is 6.68. The summed E-state index contributed by atoms with van der Waals surface area (Å²) in [7, 11) is 1.71. The van der Waals surface area contributed by atoms with Gasteiger partial charge in [-0.1, -0.05) is 44.5 Å². The number of amides is 1. The first-order chi connectivity index (χ1) is 13.0. The summed E-state index contributed by atoms with van der Waals surface area (Å²) in [6, 6.07) is 7.60. The van der Waals surface area contributed by atoms with Gasteiger partial charge in [-0.3, -0.25) is 9.48 Å². The Morgan fingerprint density at radius 2 is 1.86 bits per heavy atom. The van der Waals surface area contributed by atoms with E-state index in [9.17, 15) is 9.59 Å². The Morgan fingerprint density at radius 1 is 1.25 bits per heavy atom. The average Bonchev–Trinajstić information content (AvgIpc) is 2.84. The highest BCUT2D eigenvalue weighted by Crippen LogP contribution is 2.23. The number of carbonyl (C=O) groups excluding carboxylic acids is 2. The van der Waals surface area contributed by atoms with Crippen molar-refractivity contribution in [1.29, 1.82) is 0 Å². The number of hydrogen-bond acceptors (Lipinski definition) is 4. The van der Waals surface area contributed by atoms with Crippen molar-refractivity contribution in [3.05, 3.63) is 52.3 Å². The zero-order valence-electron chi connectivity index (χ0n) is 17.0. The third-order valence-corrected chi connectivity index (χ3v) is 4.71. The van der Waals surface area contributed by atoms with Crippen molar-refractivity contribution in [3.8, 4) is 0 Å². The molecule has 0 radical (unpaired) electrons. The van der Waals surface area contributed by atoms with Crippen LogP contribution < -0.4 is 5.32 Å². The molecule has 1 heterocycles. The molecule has 0 unspecified atom stereocenters. The number of rotatable bonds is 5. The van der Waals surface area contributed by atoms with Crippen LogP contribution in [-0.4, -0.2) is 27.8 Å². The molecule has 0 saturated carbocycles. The van der Waals surface area contributed by atoms with Crippen LogP contribution in [0.4, 0.5) is 5.69 Å². The normalized spacial score (nSPS) is 12.8. The lowest BCUT2D eigenvalue weighted by molar-refractivity contribution is -0.148. The SMILES string of the molecule is Cc1nn(C)c(Cl)c1/C=C/C(=O)O[C@@H](C)C(=O)Nc1ccc(C(C)(C)C)cc1. The van der Waals surface area contributed by atoms with E-state index in [1.807, 2.05) is 24.3 Å². The van der Waals surface area contributed by atoms with Crippen LogP contribution in [0.1, 0.15) is 44.5 Å². The summed E-state index contributed by atoms with van der Waals surface area (Å²) in [5.74, 6) is -1.04. The molecule has 0 aliphatic heterocycles. The van der Waals surface area contributed by atoms with Gasteiger partial charge in [-0.15, -0.1) is 0 Å². The van der Waals surface area contributed by atoms with Crippen LogP contribution in [0.15, 0.2) is 30.3 Å². The number of esters is 1. The van der Waals surface area contributed by atoms with Gasteiger partial charge in [-0.2, -0.15) is 5.10 Å². The minimum absolute atomic E-state index is 0.0349. The summed E-state index contributed by atoms with van der Waals surface area (Å²) in [4.78, 5) is 24.3. The Morgan fingerprint density at radius 3 is 2.36 bits per heavy atom. The van der Waals surface area contributed by atoms with Crippen LogP contribution in [0.5, 0.6) is 0 Å². The summed E-state index contributed by atoms with van der Waals surface area (Å²) in [5, 5.41) is 7.33. The quantitative estimate of drug-likeness (QED) is 0.597. The average molecular weight is 404 g/mol. The van der Waals surface area contributed by atoms with Crippen molar-refractivity contribution < 1.29 is 14.3 Å². The predicted molar refractivity (Wildman–Crippen MR) is 111 cm³/mol. The van der Waals surface area contributed by atoms with Gasteiger partial charge >= 0.3 is 5.97 Å². The van der Waals surface area contributed by atoms with E-state index in [1.54, 1.807) is 14.0 Å². The highest BCUT2D eigenvalue weighted by atomic mass is 35.5. The fourth-order valence-electron chi connectivity index (χ4n) is 2.55. The van der Waals surface area contributed by atoms with Gasteiger partial charge in [0.1, 0.15) is 5.15 Å². The summed E-state index contributed by atoms with van der Waals surface area (Å²) in [6.07, 6.45) is 1.82. The number of ether oxygens (including phenoxy) is 1.